The Morgan fingerprint density at radius 3 is 2.45 bits per heavy atom. The molecule has 33 heavy (non-hydrogen) atoms. The van der Waals surface area contributed by atoms with Crippen molar-refractivity contribution in [3.8, 4) is 0 Å². The van der Waals surface area contributed by atoms with E-state index in [0.717, 1.165) is 87.0 Å². The van der Waals surface area contributed by atoms with Crippen molar-refractivity contribution in [2.24, 2.45) is 21.8 Å². The van der Waals surface area contributed by atoms with Gasteiger partial charge in [0.25, 0.3) is 0 Å². The van der Waals surface area contributed by atoms with E-state index in [4.69, 9.17) is 4.99 Å². The van der Waals surface area contributed by atoms with Gasteiger partial charge < -0.3 is 9.80 Å². The molecule has 9 heteroatoms. The lowest BCUT2D eigenvalue weighted by Crippen LogP contribution is -2.52. The van der Waals surface area contributed by atoms with Gasteiger partial charge in [-0.1, -0.05) is 5.21 Å². The molecule has 8 nitrogen and oxygen atoms in total. The molecule has 3 heterocycles. The second kappa shape index (κ2) is 10.6. The van der Waals surface area contributed by atoms with E-state index in [2.05, 4.69) is 51.7 Å². The zero-order chi connectivity index (χ0) is 23.4. The van der Waals surface area contributed by atoms with Crippen molar-refractivity contribution < 1.29 is 4.79 Å². The Morgan fingerprint density at radius 2 is 1.85 bits per heavy atom. The smallest absolute Gasteiger partial charge is 0.225 e. The summed E-state index contributed by atoms with van der Waals surface area (Å²) in [5.74, 6) is 2.06. The lowest BCUT2D eigenvalue weighted by molar-refractivity contribution is -0.138. The van der Waals surface area contributed by atoms with Crippen LogP contribution in [0.1, 0.15) is 48.7 Å². The minimum Gasteiger partial charge on any atom is -0.353 e. The number of aliphatic imine (C=N–C) groups is 2. The molecular weight excluding hydrogens is 434 g/mol. The summed E-state index contributed by atoms with van der Waals surface area (Å²) in [6, 6.07) is 2.15. The topological polar surface area (TPSA) is 79.0 Å². The number of aryl methyl sites for hydroxylation is 2. The fraction of sp³-hybridized carbons (Fsp3) is 0.625. The number of carbonyl (C=O) groups excluding carboxylic acids is 1. The number of aromatic nitrogens is 3. The van der Waals surface area contributed by atoms with Crippen LogP contribution in [0, 0.1) is 25.7 Å². The van der Waals surface area contributed by atoms with Gasteiger partial charge >= 0.3 is 0 Å². The molecule has 2 aromatic heterocycles. The fourth-order valence-electron chi connectivity index (χ4n) is 5.02. The number of thiophene rings is 1. The summed E-state index contributed by atoms with van der Waals surface area (Å²) in [5.41, 5.74) is 2.02. The van der Waals surface area contributed by atoms with Crippen LogP contribution < -0.4 is 0 Å². The number of rotatable bonds is 6. The summed E-state index contributed by atoms with van der Waals surface area (Å²) < 4.78 is 1.94. The van der Waals surface area contributed by atoms with Crippen molar-refractivity contribution in [3.05, 3.63) is 28.4 Å². The zero-order valence-electron chi connectivity index (χ0n) is 20.0. The molecule has 2 aromatic rings. The molecule has 1 aliphatic carbocycles. The maximum absolute atomic E-state index is 13.2. The van der Waals surface area contributed by atoms with Gasteiger partial charge in [-0.25, -0.2) is 0 Å². The molecule has 0 unspecified atom stereocenters. The van der Waals surface area contributed by atoms with Gasteiger partial charge in [0.2, 0.25) is 5.91 Å². The number of nitrogens with zero attached hydrogens (tertiary/aromatic N) is 7. The molecule has 4 rings (SSSR count). The predicted molar refractivity (Wildman–Crippen MR) is 134 cm³/mol. The molecule has 178 valence electrons. The van der Waals surface area contributed by atoms with Crippen molar-refractivity contribution in [1.29, 1.82) is 0 Å². The van der Waals surface area contributed by atoms with E-state index >= 15 is 0 Å². The van der Waals surface area contributed by atoms with Crippen LogP contribution in [0.5, 0.6) is 0 Å². The Balaban J connectivity index is 1.30. The molecule has 0 radical (unpaired) electrons. The highest BCUT2D eigenvalue weighted by molar-refractivity contribution is 7.16. The van der Waals surface area contributed by atoms with E-state index in [1.165, 1.54) is 4.88 Å². The van der Waals surface area contributed by atoms with Crippen molar-refractivity contribution in [2.75, 3.05) is 32.7 Å². The molecule has 1 amide bonds. The monoisotopic (exact) mass is 469 g/mol. The average Bonchev–Trinajstić information content (AvgIpc) is 3.42. The molecule has 1 aliphatic heterocycles. The summed E-state index contributed by atoms with van der Waals surface area (Å²) in [7, 11) is 0. The summed E-state index contributed by atoms with van der Waals surface area (Å²) in [5, 5.41) is 9.18. The van der Waals surface area contributed by atoms with Gasteiger partial charge in [-0.3, -0.25) is 19.5 Å². The van der Waals surface area contributed by atoms with Crippen LogP contribution in [0.15, 0.2) is 22.2 Å². The van der Waals surface area contributed by atoms with Gasteiger partial charge in [0.05, 0.1) is 11.3 Å². The van der Waals surface area contributed by atoms with Crippen molar-refractivity contribution in [2.45, 2.75) is 53.0 Å². The van der Waals surface area contributed by atoms with E-state index in [9.17, 15) is 4.79 Å². The van der Waals surface area contributed by atoms with Gasteiger partial charge in [0, 0.05) is 56.3 Å². The van der Waals surface area contributed by atoms with Gasteiger partial charge in [0.15, 0.2) is 0 Å². The SMILES string of the molecule is C=Nc1sc(C)cc1C(=NCC)N1CCN(C(=O)C2CCC(Cn3cc(C)nn3)CC2)CC1. The minimum absolute atomic E-state index is 0.158. The zero-order valence-corrected chi connectivity index (χ0v) is 20.9. The molecule has 2 fully saturated rings. The number of amides is 1. The first kappa shape index (κ1) is 23.6. The molecule has 0 spiro atoms. The normalized spacial score (nSPS) is 22.0. The van der Waals surface area contributed by atoms with Crippen LogP contribution in [0.25, 0.3) is 0 Å². The number of piperazine rings is 1. The molecule has 0 N–H and O–H groups in total. The van der Waals surface area contributed by atoms with Gasteiger partial charge in [-0.05, 0) is 65.2 Å². The van der Waals surface area contributed by atoms with Crippen LogP contribution in [0.2, 0.25) is 0 Å². The summed E-state index contributed by atoms with van der Waals surface area (Å²) in [4.78, 5) is 27.8. The standard InChI is InChI=1S/C24H35N7OS/c1-5-26-22(21-14-18(3)33-23(21)25-4)29-10-12-30(13-11-29)24(32)20-8-6-19(7-9-20)16-31-15-17(2)27-28-31/h14-15,19-20H,4-13,16H2,1-3H3. The van der Waals surface area contributed by atoms with E-state index in [1.54, 1.807) is 11.3 Å². The first-order valence-corrected chi connectivity index (χ1v) is 12.8. The van der Waals surface area contributed by atoms with Crippen LogP contribution in [0.4, 0.5) is 5.00 Å². The van der Waals surface area contributed by atoms with Crippen LogP contribution in [0.3, 0.4) is 0 Å². The van der Waals surface area contributed by atoms with Gasteiger partial charge in [-0.2, -0.15) is 0 Å². The largest absolute Gasteiger partial charge is 0.353 e. The molecular formula is C24H35N7OS. The molecule has 0 atom stereocenters. The first-order valence-electron chi connectivity index (χ1n) is 12.0. The second-order valence-corrected chi connectivity index (χ2v) is 10.4. The fourth-order valence-corrected chi connectivity index (χ4v) is 5.83. The third kappa shape index (κ3) is 5.51. The minimum atomic E-state index is 0.158. The Hall–Kier alpha value is -2.55. The Morgan fingerprint density at radius 1 is 1.15 bits per heavy atom. The van der Waals surface area contributed by atoms with Crippen molar-refractivity contribution in [1.82, 2.24) is 24.8 Å². The number of carbonyl (C=O) groups is 1. The lowest BCUT2D eigenvalue weighted by atomic mass is 9.81. The van der Waals surface area contributed by atoms with Crippen molar-refractivity contribution in [3.63, 3.8) is 0 Å². The Labute approximate surface area is 200 Å². The maximum atomic E-state index is 13.2. The quantitative estimate of drug-likeness (QED) is 0.477. The molecule has 1 saturated heterocycles. The highest BCUT2D eigenvalue weighted by atomic mass is 32.1. The molecule has 0 bridgehead atoms. The summed E-state index contributed by atoms with van der Waals surface area (Å²) >= 11 is 1.65. The Bertz CT molecular complexity index is 994. The highest BCUT2D eigenvalue weighted by Crippen LogP contribution is 2.33. The summed E-state index contributed by atoms with van der Waals surface area (Å²) in [6.45, 7) is 14.6. The third-order valence-electron chi connectivity index (χ3n) is 6.71. The highest BCUT2D eigenvalue weighted by Gasteiger charge is 2.32. The van der Waals surface area contributed by atoms with E-state index in [-0.39, 0.29) is 5.92 Å². The lowest BCUT2D eigenvalue weighted by Gasteiger charge is -2.39. The predicted octanol–water partition coefficient (Wildman–Crippen LogP) is 3.71. The van der Waals surface area contributed by atoms with Crippen LogP contribution in [-0.2, 0) is 11.3 Å². The third-order valence-corrected chi connectivity index (χ3v) is 7.70. The van der Waals surface area contributed by atoms with Gasteiger partial charge in [-0.15, -0.1) is 16.4 Å². The number of amidine groups is 1. The molecule has 0 aromatic carbocycles. The van der Waals surface area contributed by atoms with Crippen LogP contribution >= 0.6 is 11.3 Å². The van der Waals surface area contributed by atoms with Crippen LogP contribution in [-0.4, -0.2) is 76.0 Å². The van der Waals surface area contributed by atoms with Crippen molar-refractivity contribution >= 4 is 34.8 Å². The van der Waals surface area contributed by atoms with Gasteiger partial charge in [0.1, 0.15) is 10.8 Å². The van der Waals surface area contributed by atoms with E-state index in [1.807, 2.05) is 17.8 Å². The Kier molecular flexibility index (Phi) is 7.57. The van der Waals surface area contributed by atoms with E-state index < -0.39 is 0 Å². The molecule has 1 saturated carbocycles. The number of hydrogen-bond donors (Lipinski definition) is 0. The number of hydrogen-bond acceptors (Lipinski definition) is 6. The first-order chi connectivity index (χ1) is 16.0. The van der Waals surface area contributed by atoms with E-state index in [0.29, 0.717) is 11.8 Å². The average molecular weight is 470 g/mol. The second-order valence-electron chi connectivity index (χ2n) is 9.14. The molecule has 2 aliphatic rings. The summed E-state index contributed by atoms with van der Waals surface area (Å²) in [6.07, 6.45) is 6.11. The maximum Gasteiger partial charge on any atom is 0.225 e.